The van der Waals surface area contributed by atoms with Gasteiger partial charge in [-0.2, -0.15) is 0 Å². The van der Waals surface area contributed by atoms with Crippen LogP contribution in [0.2, 0.25) is 0 Å². The molecule has 0 amide bonds. The van der Waals surface area contributed by atoms with E-state index in [1.54, 1.807) is 31.3 Å². The van der Waals surface area contributed by atoms with Crippen molar-refractivity contribution in [3.63, 3.8) is 0 Å². The van der Waals surface area contributed by atoms with Crippen molar-refractivity contribution < 1.29 is 8.42 Å². The zero-order valence-electron chi connectivity index (χ0n) is 10.9. The van der Waals surface area contributed by atoms with Crippen molar-refractivity contribution in [1.82, 2.24) is 9.29 Å². The van der Waals surface area contributed by atoms with Crippen LogP contribution in [0.1, 0.15) is 30.7 Å². The summed E-state index contributed by atoms with van der Waals surface area (Å²) < 4.78 is 26.4. The lowest BCUT2D eigenvalue weighted by Gasteiger charge is -2.31. The van der Waals surface area contributed by atoms with Crippen LogP contribution in [-0.2, 0) is 10.0 Å². The average Bonchev–Trinajstić information content (AvgIpc) is 2.39. The van der Waals surface area contributed by atoms with Crippen LogP contribution in [0.5, 0.6) is 0 Å². The van der Waals surface area contributed by atoms with E-state index in [1.165, 1.54) is 4.31 Å². The summed E-state index contributed by atoms with van der Waals surface area (Å²) >= 11 is 0. The second kappa shape index (κ2) is 6.65. The van der Waals surface area contributed by atoms with Gasteiger partial charge in [0.15, 0.2) is 0 Å². The number of pyridine rings is 1. The van der Waals surface area contributed by atoms with Gasteiger partial charge in [-0.1, -0.05) is 6.07 Å². The minimum Gasteiger partial charge on any atom is -0.328 e. The van der Waals surface area contributed by atoms with Crippen LogP contribution in [0.3, 0.4) is 0 Å². The van der Waals surface area contributed by atoms with E-state index >= 15 is 0 Å². The minimum absolute atomic E-state index is 0. The Balaban J connectivity index is 0.00000180. The summed E-state index contributed by atoms with van der Waals surface area (Å²) in [6.45, 7) is 2.72. The fourth-order valence-corrected chi connectivity index (χ4v) is 3.73. The number of hydrogen-bond donors (Lipinski definition) is 1. The van der Waals surface area contributed by atoms with Crippen molar-refractivity contribution in [3.05, 3.63) is 30.1 Å². The zero-order valence-corrected chi connectivity index (χ0v) is 12.5. The highest BCUT2D eigenvalue weighted by molar-refractivity contribution is 7.89. The summed E-state index contributed by atoms with van der Waals surface area (Å²) in [4.78, 5) is 4.12. The van der Waals surface area contributed by atoms with Crippen molar-refractivity contribution >= 4 is 22.4 Å². The molecule has 5 nitrogen and oxygen atoms in total. The topological polar surface area (TPSA) is 76.3 Å². The predicted octanol–water partition coefficient (Wildman–Crippen LogP) is 1.32. The van der Waals surface area contributed by atoms with Gasteiger partial charge in [0.05, 0.1) is 5.69 Å². The second-order valence-corrected chi connectivity index (χ2v) is 6.93. The van der Waals surface area contributed by atoms with Gasteiger partial charge in [0, 0.05) is 25.3 Å². The zero-order chi connectivity index (χ0) is 13.2. The van der Waals surface area contributed by atoms with E-state index in [9.17, 15) is 8.42 Å². The number of aromatic nitrogens is 1. The Morgan fingerprint density at radius 3 is 2.53 bits per heavy atom. The van der Waals surface area contributed by atoms with Crippen LogP contribution in [0, 0.1) is 0 Å². The molecule has 108 valence electrons. The summed E-state index contributed by atoms with van der Waals surface area (Å²) in [5.74, 6) is 0. The van der Waals surface area contributed by atoms with Crippen LogP contribution in [-0.4, -0.2) is 36.8 Å². The summed E-state index contributed by atoms with van der Waals surface area (Å²) in [5, 5.41) is -0.604. The quantitative estimate of drug-likeness (QED) is 0.913. The highest BCUT2D eigenvalue weighted by Crippen LogP contribution is 2.25. The molecule has 1 aromatic rings. The van der Waals surface area contributed by atoms with Crippen molar-refractivity contribution in [2.75, 3.05) is 13.1 Å². The van der Waals surface area contributed by atoms with E-state index in [1.807, 2.05) is 0 Å². The molecular formula is C12H20ClN3O2S. The smallest absolute Gasteiger partial charge is 0.222 e. The van der Waals surface area contributed by atoms with Crippen molar-refractivity contribution in [2.24, 2.45) is 5.73 Å². The lowest BCUT2D eigenvalue weighted by Crippen LogP contribution is -2.44. The normalized spacial score (nSPS) is 19.7. The van der Waals surface area contributed by atoms with Gasteiger partial charge < -0.3 is 5.73 Å². The number of nitrogens with zero attached hydrogens (tertiary/aromatic N) is 2. The van der Waals surface area contributed by atoms with E-state index in [0.29, 0.717) is 18.8 Å². The highest BCUT2D eigenvalue weighted by atomic mass is 35.5. The first-order chi connectivity index (χ1) is 8.51. The molecule has 0 saturated carbocycles. The molecule has 2 heterocycles. The largest absolute Gasteiger partial charge is 0.328 e. The van der Waals surface area contributed by atoms with Gasteiger partial charge in [0.25, 0.3) is 0 Å². The number of sulfonamides is 1. The maximum atomic E-state index is 12.4. The van der Waals surface area contributed by atoms with E-state index in [2.05, 4.69) is 4.98 Å². The molecule has 2 rings (SSSR count). The summed E-state index contributed by atoms with van der Waals surface area (Å²) in [7, 11) is -3.32. The molecule has 1 saturated heterocycles. The molecule has 1 atom stereocenters. The molecule has 0 radical (unpaired) electrons. The van der Waals surface area contributed by atoms with Crippen molar-refractivity contribution in [3.8, 4) is 0 Å². The van der Waals surface area contributed by atoms with E-state index in [0.717, 1.165) is 12.8 Å². The van der Waals surface area contributed by atoms with Gasteiger partial charge in [0.1, 0.15) is 5.25 Å². The van der Waals surface area contributed by atoms with Gasteiger partial charge >= 0.3 is 0 Å². The predicted molar refractivity (Wildman–Crippen MR) is 77.6 cm³/mol. The number of piperidine rings is 1. The van der Waals surface area contributed by atoms with Crippen molar-refractivity contribution in [2.45, 2.75) is 31.1 Å². The monoisotopic (exact) mass is 305 g/mol. The molecule has 19 heavy (non-hydrogen) atoms. The first-order valence-electron chi connectivity index (χ1n) is 6.17. The van der Waals surface area contributed by atoms with E-state index in [-0.39, 0.29) is 18.4 Å². The molecule has 1 unspecified atom stereocenters. The third-order valence-corrected chi connectivity index (χ3v) is 5.63. The number of nitrogens with two attached hydrogens (primary N) is 1. The number of rotatable bonds is 3. The fraction of sp³-hybridized carbons (Fsp3) is 0.583. The highest BCUT2D eigenvalue weighted by Gasteiger charge is 2.32. The Hall–Kier alpha value is -0.690. The Morgan fingerprint density at radius 1 is 1.37 bits per heavy atom. The van der Waals surface area contributed by atoms with E-state index in [4.69, 9.17) is 5.73 Å². The summed E-state index contributed by atoms with van der Waals surface area (Å²) in [6.07, 6.45) is 3.08. The Kier molecular flexibility index (Phi) is 5.73. The standard InChI is InChI=1S/C12H19N3O2S.ClH/c1-10(12-4-2-3-7-14-12)18(16,17)15-8-5-11(13)6-9-15;/h2-4,7,10-11H,5-6,8-9,13H2,1H3;1H. The SMILES string of the molecule is CC(c1ccccn1)S(=O)(=O)N1CCC(N)CC1.Cl. The maximum absolute atomic E-state index is 12.4. The first kappa shape index (κ1) is 16.4. The molecule has 1 aromatic heterocycles. The molecule has 1 aliphatic heterocycles. The Morgan fingerprint density at radius 2 is 2.00 bits per heavy atom. The van der Waals surface area contributed by atoms with Crippen LogP contribution < -0.4 is 5.73 Å². The molecule has 1 aliphatic rings. The lowest BCUT2D eigenvalue weighted by molar-refractivity contribution is 0.317. The summed E-state index contributed by atoms with van der Waals surface area (Å²) in [5.41, 5.74) is 6.38. The molecular weight excluding hydrogens is 286 g/mol. The molecule has 0 aliphatic carbocycles. The van der Waals surface area contributed by atoms with Gasteiger partial charge in [0.2, 0.25) is 10.0 Å². The Bertz CT molecular complexity index is 487. The number of hydrogen-bond acceptors (Lipinski definition) is 4. The molecule has 7 heteroatoms. The number of halogens is 1. The lowest BCUT2D eigenvalue weighted by atomic mass is 10.1. The summed E-state index contributed by atoms with van der Waals surface area (Å²) in [6, 6.07) is 5.46. The van der Waals surface area contributed by atoms with Gasteiger partial charge in [-0.25, -0.2) is 12.7 Å². The van der Waals surface area contributed by atoms with Crippen LogP contribution in [0.15, 0.2) is 24.4 Å². The molecule has 1 fully saturated rings. The molecule has 0 bridgehead atoms. The average molecular weight is 306 g/mol. The van der Waals surface area contributed by atoms with Gasteiger partial charge in [-0.3, -0.25) is 4.98 Å². The maximum Gasteiger partial charge on any atom is 0.222 e. The molecule has 2 N–H and O–H groups in total. The van der Waals surface area contributed by atoms with Crippen LogP contribution in [0.25, 0.3) is 0 Å². The Labute approximate surface area is 120 Å². The fourth-order valence-electron chi connectivity index (χ4n) is 2.12. The first-order valence-corrected chi connectivity index (χ1v) is 7.67. The third kappa shape index (κ3) is 3.66. The van der Waals surface area contributed by atoms with Crippen molar-refractivity contribution in [1.29, 1.82) is 0 Å². The minimum atomic E-state index is -3.32. The molecule has 0 aromatic carbocycles. The second-order valence-electron chi connectivity index (χ2n) is 4.68. The van der Waals surface area contributed by atoms with Crippen LogP contribution >= 0.6 is 12.4 Å². The van der Waals surface area contributed by atoms with Crippen LogP contribution in [0.4, 0.5) is 0 Å². The molecule has 0 spiro atoms. The third-order valence-electron chi connectivity index (χ3n) is 3.41. The van der Waals surface area contributed by atoms with Gasteiger partial charge in [-0.15, -0.1) is 12.4 Å². The van der Waals surface area contributed by atoms with E-state index < -0.39 is 15.3 Å². The van der Waals surface area contributed by atoms with Gasteiger partial charge in [-0.05, 0) is 31.9 Å².